The van der Waals surface area contributed by atoms with Crippen molar-refractivity contribution in [2.75, 3.05) is 17.7 Å². The van der Waals surface area contributed by atoms with Crippen molar-refractivity contribution in [2.45, 2.75) is 19.4 Å². The van der Waals surface area contributed by atoms with Crippen LogP contribution in [0, 0.1) is 0 Å². The topological polar surface area (TPSA) is 80.6 Å². The molecule has 0 aliphatic carbocycles. The van der Waals surface area contributed by atoms with Crippen molar-refractivity contribution >= 4 is 29.3 Å². The molecule has 2 N–H and O–H groups in total. The molecule has 0 radical (unpaired) electrons. The minimum absolute atomic E-state index is 0.113. The second-order valence-electron chi connectivity index (χ2n) is 5.86. The first-order valence-corrected chi connectivity index (χ1v) is 9.36. The number of benzene rings is 1. The standard InChI is InChI=1S/C19H20N2O4S/c1-13(11-14-5-4-8-24-14)20-18(22)15-6-2-3-7-16(15)21-19(23)17-12-26-10-9-25-17/h2-8,12-13H,9-11H2,1H3,(H,20,22)(H,21,23)/t13-/m0/s1. The molecule has 136 valence electrons. The smallest absolute Gasteiger partial charge is 0.291 e. The van der Waals surface area contributed by atoms with E-state index in [1.54, 1.807) is 35.9 Å². The predicted octanol–water partition coefficient (Wildman–Crippen LogP) is 3.18. The Morgan fingerprint density at radius 3 is 2.77 bits per heavy atom. The maximum atomic E-state index is 12.6. The quantitative estimate of drug-likeness (QED) is 0.814. The Balaban J connectivity index is 1.66. The molecule has 1 aliphatic rings. The molecule has 2 aromatic rings. The van der Waals surface area contributed by atoms with Crippen LogP contribution < -0.4 is 10.6 Å². The second kappa shape index (κ2) is 8.62. The highest BCUT2D eigenvalue weighted by atomic mass is 32.2. The third kappa shape index (κ3) is 4.70. The van der Waals surface area contributed by atoms with Gasteiger partial charge in [-0.2, -0.15) is 0 Å². The SMILES string of the molecule is C[C@@H](Cc1ccco1)NC(=O)c1ccccc1NC(=O)C1=CSCCO1. The molecule has 0 spiro atoms. The summed E-state index contributed by atoms with van der Waals surface area (Å²) in [5.41, 5.74) is 0.844. The average Bonchev–Trinajstić information content (AvgIpc) is 3.15. The van der Waals surface area contributed by atoms with Crippen molar-refractivity contribution < 1.29 is 18.7 Å². The van der Waals surface area contributed by atoms with Crippen molar-refractivity contribution in [3.63, 3.8) is 0 Å². The summed E-state index contributed by atoms with van der Waals surface area (Å²) in [6.45, 7) is 2.40. The van der Waals surface area contributed by atoms with E-state index < -0.39 is 0 Å². The largest absolute Gasteiger partial charge is 0.487 e. The molecule has 3 rings (SSSR count). The van der Waals surface area contributed by atoms with Crippen LogP contribution in [0.1, 0.15) is 23.0 Å². The Hall–Kier alpha value is -2.67. The Morgan fingerprint density at radius 2 is 2.04 bits per heavy atom. The van der Waals surface area contributed by atoms with Crippen molar-refractivity contribution in [1.29, 1.82) is 0 Å². The van der Waals surface area contributed by atoms with Crippen molar-refractivity contribution in [3.05, 3.63) is 65.2 Å². The number of rotatable bonds is 6. The summed E-state index contributed by atoms with van der Waals surface area (Å²) >= 11 is 1.53. The molecule has 1 aromatic carbocycles. The van der Waals surface area contributed by atoms with E-state index in [1.165, 1.54) is 11.8 Å². The van der Waals surface area contributed by atoms with Gasteiger partial charge in [-0.15, -0.1) is 11.8 Å². The van der Waals surface area contributed by atoms with Gasteiger partial charge in [-0.25, -0.2) is 0 Å². The van der Waals surface area contributed by atoms with Crippen molar-refractivity contribution in [3.8, 4) is 0 Å². The van der Waals surface area contributed by atoms with Crippen LogP contribution in [0.3, 0.4) is 0 Å². The van der Waals surface area contributed by atoms with Crippen molar-refractivity contribution in [1.82, 2.24) is 5.32 Å². The summed E-state index contributed by atoms with van der Waals surface area (Å²) in [4.78, 5) is 24.9. The van der Waals surface area contributed by atoms with Gasteiger partial charge in [0.15, 0.2) is 5.76 Å². The summed E-state index contributed by atoms with van der Waals surface area (Å²) in [6.07, 6.45) is 2.19. The minimum atomic E-state index is -0.360. The average molecular weight is 372 g/mol. The van der Waals surface area contributed by atoms with Gasteiger partial charge < -0.3 is 19.8 Å². The van der Waals surface area contributed by atoms with Crippen LogP contribution in [0.2, 0.25) is 0 Å². The summed E-state index contributed by atoms with van der Waals surface area (Å²) in [5, 5.41) is 7.37. The zero-order valence-electron chi connectivity index (χ0n) is 14.4. The molecule has 0 fully saturated rings. The lowest BCUT2D eigenvalue weighted by molar-refractivity contribution is -0.116. The second-order valence-corrected chi connectivity index (χ2v) is 6.84. The number of carbonyl (C=O) groups is 2. The number of hydrogen-bond acceptors (Lipinski definition) is 5. The molecule has 0 saturated heterocycles. The Bertz CT molecular complexity index is 802. The molecule has 1 atom stereocenters. The van der Waals surface area contributed by atoms with Gasteiger partial charge in [0.05, 0.1) is 24.1 Å². The fourth-order valence-corrected chi connectivity index (χ4v) is 3.17. The Morgan fingerprint density at radius 1 is 1.19 bits per heavy atom. The fourth-order valence-electron chi connectivity index (χ4n) is 2.54. The first-order valence-electron chi connectivity index (χ1n) is 8.31. The van der Waals surface area contributed by atoms with Crippen LogP contribution >= 0.6 is 11.8 Å². The third-order valence-electron chi connectivity index (χ3n) is 3.76. The maximum Gasteiger partial charge on any atom is 0.291 e. The number of anilines is 1. The number of hydrogen-bond donors (Lipinski definition) is 2. The van der Waals surface area contributed by atoms with Crippen LogP contribution in [-0.4, -0.2) is 30.2 Å². The molecule has 1 aliphatic heterocycles. The summed E-state index contributed by atoms with van der Waals surface area (Å²) in [7, 11) is 0. The summed E-state index contributed by atoms with van der Waals surface area (Å²) < 4.78 is 10.7. The van der Waals surface area contributed by atoms with E-state index in [4.69, 9.17) is 9.15 Å². The number of para-hydroxylation sites is 1. The van der Waals surface area contributed by atoms with Crippen LogP contribution in [-0.2, 0) is 16.0 Å². The van der Waals surface area contributed by atoms with Gasteiger partial charge in [0.2, 0.25) is 0 Å². The molecule has 6 nitrogen and oxygen atoms in total. The van der Waals surface area contributed by atoms with Crippen molar-refractivity contribution in [2.24, 2.45) is 0 Å². The number of ether oxygens (including phenoxy) is 1. The molecule has 26 heavy (non-hydrogen) atoms. The highest BCUT2D eigenvalue weighted by Gasteiger charge is 2.19. The van der Waals surface area contributed by atoms with Gasteiger partial charge >= 0.3 is 0 Å². The van der Waals surface area contributed by atoms with Crippen LogP contribution in [0.5, 0.6) is 0 Å². The van der Waals surface area contributed by atoms with E-state index in [-0.39, 0.29) is 23.6 Å². The van der Waals surface area contributed by atoms with Gasteiger partial charge in [0.1, 0.15) is 5.76 Å². The third-order valence-corrected chi connectivity index (χ3v) is 4.54. The molecule has 2 amide bonds. The zero-order chi connectivity index (χ0) is 18.4. The lowest BCUT2D eigenvalue weighted by Gasteiger charge is -2.17. The monoisotopic (exact) mass is 372 g/mol. The van der Waals surface area contributed by atoms with Crippen LogP contribution in [0.4, 0.5) is 5.69 Å². The zero-order valence-corrected chi connectivity index (χ0v) is 15.2. The van der Waals surface area contributed by atoms with E-state index in [9.17, 15) is 9.59 Å². The number of carbonyl (C=O) groups excluding carboxylic acids is 2. The van der Waals surface area contributed by atoms with E-state index in [0.29, 0.717) is 24.3 Å². The number of thioether (sulfide) groups is 1. The molecule has 2 heterocycles. The van der Waals surface area contributed by atoms with Gasteiger partial charge in [0.25, 0.3) is 11.8 Å². The predicted molar refractivity (Wildman–Crippen MR) is 101 cm³/mol. The molecule has 0 saturated carbocycles. The number of furan rings is 1. The first kappa shape index (κ1) is 18.1. The van der Waals surface area contributed by atoms with Crippen LogP contribution in [0.25, 0.3) is 0 Å². The van der Waals surface area contributed by atoms with Gasteiger partial charge in [-0.1, -0.05) is 12.1 Å². The number of nitrogens with one attached hydrogen (secondary N) is 2. The van der Waals surface area contributed by atoms with E-state index in [0.717, 1.165) is 11.5 Å². The molecule has 0 bridgehead atoms. The fraction of sp³-hybridized carbons (Fsp3) is 0.263. The van der Waals surface area contributed by atoms with Gasteiger partial charge in [-0.05, 0) is 31.2 Å². The lowest BCUT2D eigenvalue weighted by atomic mass is 10.1. The Labute approximate surface area is 156 Å². The summed E-state index contributed by atoms with van der Waals surface area (Å²) in [5.74, 6) is 1.28. The molecular weight excluding hydrogens is 352 g/mol. The highest BCUT2D eigenvalue weighted by Crippen LogP contribution is 2.20. The normalized spacial score (nSPS) is 14.7. The number of amides is 2. The van der Waals surface area contributed by atoms with Crippen LogP contribution in [0.15, 0.2) is 58.2 Å². The maximum absolute atomic E-state index is 12.6. The van der Waals surface area contributed by atoms with E-state index in [2.05, 4.69) is 10.6 Å². The first-order chi connectivity index (χ1) is 12.6. The van der Waals surface area contributed by atoms with Gasteiger partial charge in [-0.3, -0.25) is 9.59 Å². The summed E-state index contributed by atoms with van der Waals surface area (Å²) in [6, 6.07) is 10.5. The molecule has 1 aromatic heterocycles. The van der Waals surface area contributed by atoms with E-state index in [1.807, 2.05) is 19.1 Å². The molecular formula is C19H20N2O4S. The molecule has 7 heteroatoms. The Kier molecular flexibility index (Phi) is 6.01. The van der Waals surface area contributed by atoms with Gasteiger partial charge in [0, 0.05) is 23.6 Å². The lowest BCUT2D eigenvalue weighted by Crippen LogP contribution is -2.34. The highest BCUT2D eigenvalue weighted by molar-refractivity contribution is 8.02. The minimum Gasteiger partial charge on any atom is -0.487 e. The van der Waals surface area contributed by atoms with E-state index >= 15 is 0 Å². The molecule has 0 unspecified atom stereocenters.